The quantitative estimate of drug-likeness (QED) is 0.450. The zero-order valence-corrected chi connectivity index (χ0v) is 19.2. The predicted octanol–water partition coefficient (Wildman–Crippen LogP) is 6.55. The standard InChI is InChI=1S/C27H26F3N3O2/c1-18(24-9-5-6-10-25(24)27(28,29)30)32-16-21-15-20(32)17-33(21)26(34)31-19-11-13-23(14-12-19)35-22-7-3-2-4-8-22/h2-14,18,20-21H,15-17H2,1H3,(H,31,34). The van der Waals surface area contributed by atoms with Crippen molar-refractivity contribution in [2.24, 2.45) is 0 Å². The van der Waals surface area contributed by atoms with Gasteiger partial charge >= 0.3 is 12.2 Å². The van der Waals surface area contributed by atoms with Gasteiger partial charge in [-0.15, -0.1) is 0 Å². The Morgan fingerprint density at radius 1 is 0.914 bits per heavy atom. The minimum Gasteiger partial charge on any atom is -0.457 e. The van der Waals surface area contributed by atoms with E-state index in [-0.39, 0.29) is 29.7 Å². The van der Waals surface area contributed by atoms with Gasteiger partial charge in [0.15, 0.2) is 0 Å². The Morgan fingerprint density at radius 2 is 1.57 bits per heavy atom. The third kappa shape index (κ3) is 4.84. The molecular weight excluding hydrogens is 455 g/mol. The lowest BCUT2D eigenvalue weighted by Crippen LogP contribution is -2.50. The second-order valence-corrected chi connectivity index (χ2v) is 9.02. The number of nitrogens with zero attached hydrogens (tertiary/aromatic N) is 2. The van der Waals surface area contributed by atoms with Gasteiger partial charge in [-0.25, -0.2) is 4.79 Å². The van der Waals surface area contributed by atoms with Crippen molar-refractivity contribution in [2.45, 2.75) is 37.6 Å². The minimum absolute atomic E-state index is 0.0267. The zero-order valence-electron chi connectivity index (χ0n) is 19.2. The van der Waals surface area contributed by atoms with Crippen LogP contribution in [0.3, 0.4) is 0 Å². The number of alkyl halides is 3. The third-order valence-corrected chi connectivity index (χ3v) is 6.84. The number of amides is 2. The largest absolute Gasteiger partial charge is 0.457 e. The second kappa shape index (κ2) is 9.26. The molecule has 35 heavy (non-hydrogen) atoms. The molecule has 1 N–H and O–H groups in total. The lowest BCUT2D eigenvalue weighted by atomic mass is 9.99. The highest BCUT2D eigenvalue weighted by Gasteiger charge is 2.47. The highest BCUT2D eigenvalue weighted by Crippen LogP contribution is 2.41. The van der Waals surface area contributed by atoms with E-state index in [1.165, 1.54) is 6.07 Å². The summed E-state index contributed by atoms with van der Waals surface area (Å²) in [5.74, 6) is 1.40. The van der Waals surface area contributed by atoms with Crippen LogP contribution in [0.4, 0.5) is 23.7 Å². The lowest BCUT2D eigenvalue weighted by molar-refractivity contribution is -0.138. The number of fused-ring (bicyclic) bond motifs is 2. The van der Waals surface area contributed by atoms with Crippen molar-refractivity contribution < 1.29 is 22.7 Å². The molecule has 5 rings (SSSR count). The van der Waals surface area contributed by atoms with E-state index in [0.717, 1.165) is 18.2 Å². The number of piperazine rings is 1. The average Bonchev–Trinajstić information content (AvgIpc) is 3.46. The monoisotopic (exact) mass is 481 g/mol. The van der Waals surface area contributed by atoms with Gasteiger partial charge in [0.1, 0.15) is 11.5 Å². The molecular formula is C27H26F3N3O2. The number of ether oxygens (including phenoxy) is 1. The normalized spacial score (nSPS) is 20.6. The summed E-state index contributed by atoms with van der Waals surface area (Å²) in [7, 11) is 0. The van der Waals surface area contributed by atoms with Crippen molar-refractivity contribution in [1.82, 2.24) is 9.80 Å². The van der Waals surface area contributed by atoms with Crippen molar-refractivity contribution in [3.63, 3.8) is 0 Å². The fourth-order valence-corrected chi connectivity index (χ4v) is 5.15. The van der Waals surface area contributed by atoms with E-state index in [1.54, 1.807) is 41.3 Å². The Morgan fingerprint density at radius 3 is 2.23 bits per heavy atom. The predicted molar refractivity (Wildman–Crippen MR) is 127 cm³/mol. The van der Waals surface area contributed by atoms with Gasteiger partial charge in [0, 0.05) is 36.9 Å². The molecule has 3 aromatic carbocycles. The number of benzene rings is 3. The first-order chi connectivity index (χ1) is 16.8. The number of hydrogen-bond donors (Lipinski definition) is 1. The Bertz CT molecular complexity index is 1180. The van der Waals surface area contributed by atoms with Crippen LogP contribution in [0.2, 0.25) is 0 Å². The van der Waals surface area contributed by atoms with Gasteiger partial charge in [0.25, 0.3) is 0 Å². The number of halogens is 3. The molecule has 2 aliphatic heterocycles. The van der Waals surface area contributed by atoms with Gasteiger partial charge in [-0.2, -0.15) is 13.2 Å². The van der Waals surface area contributed by atoms with Crippen LogP contribution in [-0.4, -0.2) is 41.0 Å². The van der Waals surface area contributed by atoms with Crippen molar-refractivity contribution in [3.05, 3.63) is 90.0 Å². The molecule has 2 bridgehead atoms. The third-order valence-electron chi connectivity index (χ3n) is 6.84. The zero-order chi connectivity index (χ0) is 24.6. The van der Waals surface area contributed by atoms with Crippen molar-refractivity contribution in [1.29, 1.82) is 0 Å². The van der Waals surface area contributed by atoms with Crippen LogP contribution in [-0.2, 0) is 6.18 Å². The molecule has 8 heteroatoms. The number of para-hydroxylation sites is 1. The van der Waals surface area contributed by atoms with Crippen LogP contribution in [0.15, 0.2) is 78.9 Å². The van der Waals surface area contributed by atoms with Crippen LogP contribution in [0.25, 0.3) is 0 Å². The smallest absolute Gasteiger partial charge is 0.416 e. The summed E-state index contributed by atoms with van der Waals surface area (Å²) < 4.78 is 46.3. The summed E-state index contributed by atoms with van der Waals surface area (Å²) in [5.41, 5.74) is 0.341. The SMILES string of the molecule is CC(c1ccccc1C(F)(F)F)N1CC2CC1CN2C(=O)Nc1ccc(Oc2ccccc2)cc1. The molecule has 2 saturated heterocycles. The number of hydrogen-bond acceptors (Lipinski definition) is 3. The fourth-order valence-electron chi connectivity index (χ4n) is 5.15. The Balaban J connectivity index is 1.20. The van der Waals surface area contributed by atoms with Gasteiger partial charge < -0.3 is 15.0 Å². The van der Waals surface area contributed by atoms with Crippen LogP contribution < -0.4 is 10.1 Å². The van der Waals surface area contributed by atoms with Gasteiger partial charge in [-0.1, -0.05) is 36.4 Å². The minimum atomic E-state index is -4.39. The molecule has 0 spiro atoms. The molecule has 182 valence electrons. The molecule has 0 saturated carbocycles. The van der Waals surface area contributed by atoms with E-state index in [1.807, 2.05) is 37.3 Å². The van der Waals surface area contributed by atoms with E-state index < -0.39 is 11.7 Å². The maximum atomic E-state index is 13.5. The second-order valence-electron chi connectivity index (χ2n) is 9.02. The molecule has 0 aromatic heterocycles. The summed E-state index contributed by atoms with van der Waals surface area (Å²) in [4.78, 5) is 16.8. The lowest BCUT2D eigenvalue weighted by Gasteiger charge is -2.38. The first-order valence-corrected chi connectivity index (χ1v) is 11.6. The summed E-state index contributed by atoms with van der Waals surface area (Å²) in [6.07, 6.45) is -3.63. The summed E-state index contributed by atoms with van der Waals surface area (Å²) in [5, 5.41) is 2.93. The maximum Gasteiger partial charge on any atom is 0.416 e. The number of rotatable bonds is 5. The first-order valence-electron chi connectivity index (χ1n) is 11.6. The molecule has 2 fully saturated rings. The number of carbonyl (C=O) groups is 1. The van der Waals surface area contributed by atoms with Gasteiger partial charge in [0.2, 0.25) is 0 Å². The molecule has 3 unspecified atom stereocenters. The van der Waals surface area contributed by atoms with E-state index in [0.29, 0.717) is 24.5 Å². The summed E-state index contributed by atoms with van der Waals surface area (Å²) in [6.45, 7) is 2.86. The highest BCUT2D eigenvalue weighted by molar-refractivity contribution is 5.90. The van der Waals surface area contributed by atoms with Gasteiger partial charge in [0.05, 0.1) is 5.56 Å². The van der Waals surface area contributed by atoms with Crippen molar-refractivity contribution in [3.8, 4) is 11.5 Å². The highest BCUT2D eigenvalue weighted by atomic mass is 19.4. The number of carbonyl (C=O) groups excluding carboxylic acids is 1. The molecule has 5 nitrogen and oxygen atoms in total. The number of likely N-dealkylation sites (tertiary alicyclic amines) is 2. The number of anilines is 1. The van der Waals surface area contributed by atoms with Gasteiger partial charge in [-0.3, -0.25) is 4.90 Å². The Labute approximate surface area is 202 Å². The molecule has 3 atom stereocenters. The Kier molecular flexibility index (Phi) is 6.15. The number of nitrogens with one attached hydrogen (secondary N) is 1. The van der Waals surface area contributed by atoms with E-state index in [9.17, 15) is 18.0 Å². The van der Waals surface area contributed by atoms with Gasteiger partial charge in [-0.05, 0) is 61.4 Å². The molecule has 2 aliphatic rings. The maximum absolute atomic E-state index is 13.5. The molecule has 2 heterocycles. The van der Waals surface area contributed by atoms with Crippen molar-refractivity contribution >= 4 is 11.7 Å². The molecule has 2 amide bonds. The molecule has 3 aromatic rings. The van der Waals surface area contributed by atoms with E-state index in [4.69, 9.17) is 4.74 Å². The van der Waals surface area contributed by atoms with Crippen LogP contribution in [0.5, 0.6) is 11.5 Å². The first kappa shape index (κ1) is 23.2. The summed E-state index contributed by atoms with van der Waals surface area (Å²) in [6, 6.07) is 21.8. The average molecular weight is 482 g/mol. The van der Waals surface area contributed by atoms with Crippen LogP contribution in [0.1, 0.15) is 30.5 Å². The summed E-state index contributed by atoms with van der Waals surface area (Å²) >= 11 is 0. The molecule has 0 aliphatic carbocycles. The topological polar surface area (TPSA) is 44.8 Å². The van der Waals surface area contributed by atoms with E-state index >= 15 is 0 Å². The number of urea groups is 1. The van der Waals surface area contributed by atoms with Crippen LogP contribution in [0, 0.1) is 0 Å². The Hall–Kier alpha value is -3.52. The van der Waals surface area contributed by atoms with E-state index in [2.05, 4.69) is 10.2 Å². The fraction of sp³-hybridized carbons (Fsp3) is 0.296. The van der Waals surface area contributed by atoms with Crippen LogP contribution >= 0.6 is 0 Å². The molecule has 0 radical (unpaired) electrons. The van der Waals surface area contributed by atoms with Crippen molar-refractivity contribution in [2.75, 3.05) is 18.4 Å².